The number of morpholine rings is 1. The van der Waals surface area contributed by atoms with Crippen LogP contribution in [0.1, 0.15) is 24.5 Å². The van der Waals surface area contributed by atoms with Crippen molar-refractivity contribution in [3.05, 3.63) is 35.4 Å². The van der Waals surface area contributed by atoms with Crippen LogP contribution >= 0.6 is 35.7 Å². The van der Waals surface area contributed by atoms with Crippen molar-refractivity contribution in [2.75, 3.05) is 50.9 Å². The van der Waals surface area contributed by atoms with Gasteiger partial charge in [0.05, 0.1) is 19.8 Å². The highest BCUT2D eigenvalue weighted by Gasteiger charge is 2.40. The number of aryl methyl sites for hydroxylation is 1. The second kappa shape index (κ2) is 11.5. The van der Waals surface area contributed by atoms with Crippen molar-refractivity contribution in [3.8, 4) is 0 Å². The minimum Gasteiger partial charge on any atom is -0.379 e. The highest BCUT2D eigenvalue weighted by Crippen LogP contribution is 2.33. The van der Waals surface area contributed by atoms with E-state index in [-0.39, 0.29) is 29.5 Å². The monoisotopic (exact) mass is 504 g/mol. The molecule has 2 N–H and O–H groups in total. The van der Waals surface area contributed by atoms with E-state index >= 15 is 0 Å². The van der Waals surface area contributed by atoms with Gasteiger partial charge in [-0.05, 0) is 37.1 Å². The van der Waals surface area contributed by atoms with Gasteiger partial charge in [-0.25, -0.2) is 4.99 Å². The molecule has 1 aromatic carbocycles. The Kier molecular flexibility index (Phi) is 9.69. The number of aliphatic imine (C=N–C) groups is 1. The molecule has 0 saturated carbocycles. The van der Waals surface area contributed by atoms with Crippen molar-refractivity contribution in [2.45, 2.75) is 32.4 Å². The van der Waals surface area contributed by atoms with Crippen LogP contribution in [0.4, 0.5) is 0 Å². The van der Waals surface area contributed by atoms with E-state index < -0.39 is 0 Å². The Morgan fingerprint density at radius 3 is 2.70 bits per heavy atom. The Hall–Kier alpha value is -0.510. The van der Waals surface area contributed by atoms with Crippen LogP contribution in [0.5, 0.6) is 0 Å². The van der Waals surface area contributed by atoms with E-state index in [1.165, 1.54) is 29.1 Å². The molecule has 1 aromatic rings. The first kappa shape index (κ1) is 22.8. The Labute approximate surface area is 185 Å². The van der Waals surface area contributed by atoms with E-state index in [4.69, 9.17) is 9.73 Å². The third-order valence-electron chi connectivity index (χ3n) is 5.36. The molecule has 3 rings (SSSR count). The standard InChI is InChI=1S/C20H32N4OS.HI/c1-3-21-19(22-14-18-7-5-4-6-17(18)2)23-15-20(8-13-26-16-20)24-9-11-25-12-10-24;/h4-7H,3,8-16H2,1-2H3,(H2,21,22,23);1H. The second-order valence-corrected chi connectivity index (χ2v) is 8.21. The van der Waals surface area contributed by atoms with Crippen LogP contribution in [0.25, 0.3) is 0 Å². The van der Waals surface area contributed by atoms with Gasteiger partial charge in [-0.3, -0.25) is 4.90 Å². The van der Waals surface area contributed by atoms with Crippen molar-refractivity contribution in [1.29, 1.82) is 0 Å². The van der Waals surface area contributed by atoms with E-state index in [2.05, 4.69) is 65.4 Å². The van der Waals surface area contributed by atoms with Crippen molar-refractivity contribution < 1.29 is 4.74 Å². The van der Waals surface area contributed by atoms with Gasteiger partial charge in [-0.15, -0.1) is 24.0 Å². The Morgan fingerprint density at radius 1 is 1.26 bits per heavy atom. The van der Waals surface area contributed by atoms with Crippen LogP contribution in [0.2, 0.25) is 0 Å². The zero-order valence-corrected chi connectivity index (χ0v) is 19.6. The molecule has 2 saturated heterocycles. The molecule has 0 radical (unpaired) electrons. The Bertz CT molecular complexity index is 601. The van der Waals surface area contributed by atoms with E-state index in [1.807, 2.05) is 0 Å². The molecule has 7 heteroatoms. The van der Waals surface area contributed by atoms with Gasteiger partial charge in [-0.1, -0.05) is 24.3 Å². The first-order chi connectivity index (χ1) is 12.7. The molecule has 27 heavy (non-hydrogen) atoms. The van der Waals surface area contributed by atoms with E-state index in [0.29, 0.717) is 6.54 Å². The molecule has 0 aliphatic carbocycles. The molecule has 5 nitrogen and oxygen atoms in total. The number of rotatable bonds is 6. The molecule has 0 amide bonds. The number of guanidine groups is 1. The summed E-state index contributed by atoms with van der Waals surface area (Å²) in [6.45, 7) is 10.6. The zero-order chi connectivity index (χ0) is 18.2. The van der Waals surface area contributed by atoms with Gasteiger partial charge < -0.3 is 15.4 Å². The average molecular weight is 504 g/mol. The number of ether oxygens (including phenoxy) is 1. The van der Waals surface area contributed by atoms with Gasteiger partial charge in [0.25, 0.3) is 0 Å². The maximum Gasteiger partial charge on any atom is 0.191 e. The fourth-order valence-corrected chi connectivity index (χ4v) is 5.15. The van der Waals surface area contributed by atoms with Crippen molar-refractivity contribution in [2.24, 2.45) is 4.99 Å². The number of halogens is 1. The summed E-state index contributed by atoms with van der Waals surface area (Å²) in [5.41, 5.74) is 2.81. The maximum atomic E-state index is 5.56. The summed E-state index contributed by atoms with van der Waals surface area (Å²) in [5, 5.41) is 7.04. The molecule has 0 spiro atoms. The average Bonchev–Trinajstić information content (AvgIpc) is 3.16. The SMILES string of the molecule is CCNC(=NCc1ccccc1C)NCC1(N2CCOCC2)CCSC1.I. The summed E-state index contributed by atoms with van der Waals surface area (Å²) < 4.78 is 5.56. The highest BCUT2D eigenvalue weighted by atomic mass is 127. The minimum absolute atomic E-state index is 0. The first-order valence-electron chi connectivity index (χ1n) is 9.71. The summed E-state index contributed by atoms with van der Waals surface area (Å²) in [6.07, 6.45) is 1.24. The van der Waals surface area contributed by atoms with Gasteiger partial charge in [0, 0.05) is 37.5 Å². The third kappa shape index (κ3) is 6.24. The van der Waals surface area contributed by atoms with Crippen LogP contribution in [0, 0.1) is 6.92 Å². The summed E-state index contributed by atoms with van der Waals surface area (Å²) in [5.74, 6) is 3.35. The molecular formula is C20H33IN4OS. The van der Waals surface area contributed by atoms with Crippen molar-refractivity contribution >= 4 is 41.7 Å². The minimum atomic E-state index is 0. The zero-order valence-electron chi connectivity index (χ0n) is 16.5. The quantitative estimate of drug-likeness (QED) is 0.355. The smallest absolute Gasteiger partial charge is 0.191 e. The van der Waals surface area contributed by atoms with Crippen LogP contribution in [-0.2, 0) is 11.3 Å². The molecule has 0 bridgehead atoms. The summed E-state index contributed by atoms with van der Waals surface area (Å²) in [4.78, 5) is 7.46. The van der Waals surface area contributed by atoms with Crippen LogP contribution in [0.3, 0.4) is 0 Å². The molecule has 0 aromatic heterocycles. The summed E-state index contributed by atoms with van der Waals surface area (Å²) in [6, 6.07) is 8.47. The molecule has 2 aliphatic heterocycles. The predicted octanol–water partition coefficient (Wildman–Crippen LogP) is 2.88. The lowest BCUT2D eigenvalue weighted by Gasteiger charge is -2.43. The molecule has 2 heterocycles. The molecule has 1 atom stereocenters. The molecule has 2 aliphatic rings. The highest BCUT2D eigenvalue weighted by molar-refractivity contribution is 14.0. The topological polar surface area (TPSA) is 48.9 Å². The van der Waals surface area contributed by atoms with E-state index in [0.717, 1.165) is 45.4 Å². The fourth-order valence-electron chi connectivity index (χ4n) is 3.68. The molecule has 1 unspecified atom stereocenters. The van der Waals surface area contributed by atoms with Gasteiger partial charge in [0.15, 0.2) is 5.96 Å². The number of hydrogen-bond donors (Lipinski definition) is 2. The lowest BCUT2D eigenvalue weighted by atomic mass is 9.95. The Morgan fingerprint density at radius 2 is 2.04 bits per heavy atom. The van der Waals surface area contributed by atoms with Gasteiger partial charge in [0.2, 0.25) is 0 Å². The predicted molar refractivity (Wildman–Crippen MR) is 126 cm³/mol. The normalized spacial score (nSPS) is 23.7. The molecule has 2 fully saturated rings. The second-order valence-electron chi connectivity index (χ2n) is 7.10. The number of nitrogens with one attached hydrogen (secondary N) is 2. The maximum absolute atomic E-state index is 5.56. The summed E-state index contributed by atoms with van der Waals surface area (Å²) in [7, 11) is 0. The lowest BCUT2D eigenvalue weighted by molar-refractivity contribution is -0.0120. The lowest BCUT2D eigenvalue weighted by Crippen LogP contribution is -2.60. The van der Waals surface area contributed by atoms with Crippen molar-refractivity contribution in [1.82, 2.24) is 15.5 Å². The number of thioether (sulfide) groups is 1. The number of benzene rings is 1. The Balaban J connectivity index is 0.00000261. The molecule has 152 valence electrons. The summed E-state index contributed by atoms with van der Waals surface area (Å²) >= 11 is 2.07. The first-order valence-corrected chi connectivity index (χ1v) is 10.9. The van der Waals surface area contributed by atoms with Crippen molar-refractivity contribution in [3.63, 3.8) is 0 Å². The van der Waals surface area contributed by atoms with Gasteiger partial charge >= 0.3 is 0 Å². The fraction of sp³-hybridized carbons (Fsp3) is 0.650. The largest absolute Gasteiger partial charge is 0.379 e. The number of hydrogen-bond acceptors (Lipinski definition) is 4. The van der Waals surface area contributed by atoms with Crippen LogP contribution in [0.15, 0.2) is 29.3 Å². The van der Waals surface area contributed by atoms with Gasteiger partial charge in [0.1, 0.15) is 0 Å². The van der Waals surface area contributed by atoms with E-state index in [9.17, 15) is 0 Å². The van der Waals surface area contributed by atoms with E-state index in [1.54, 1.807) is 0 Å². The van der Waals surface area contributed by atoms with Crippen LogP contribution < -0.4 is 10.6 Å². The van der Waals surface area contributed by atoms with Gasteiger partial charge in [-0.2, -0.15) is 11.8 Å². The third-order valence-corrected chi connectivity index (χ3v) is 6.60. The number of nitrogens with zero attached hydrogens (tertiary/aromatic N) is 2. The molecular weight excluding hydrogens is 471 g/mol. The van der Waals surface area contributed by atoms with Crippen LogP contribution in [-0.4, -0.2) is 67.3 Å².